The van der Waals surface area contributed by atoms with E-state index in [0.717, 1.165) is 28.9 Å². The molecule has 0 heterocycles. The largest absolute Gasteiger partial charge is 0.497 e. The van der Waals surface area contributed by atoms with Gasteiger partial charge >= 0.3 is 0 Å². The Morgan fingerprint density at radius 3 is 2.20 bits per heavy atom. The first-order valence-electron chi connectivity index (χ1n) is 11.7. The summed E-state index contributed by atoms with van der Waals surface area (Å²) in [5, 5.41) is 3.09. The quantitative estimate of drug-likeness (QED) is 0.386. The number of hydrogen-bond acceptors (Lipinski definition) is 4. The molecular weight excluding hydrogens is 460 g/mol. The molecule has 35 heavy (non-hydrogen) atoms. The van der Waals surface area contributed by atoms with E-state index in [2.05, 4.69) is 23.9 Å². The van der Waals surface area contributed by atoms with E-state index in [1.807, 2.05) is 50.2 Å². The molecule has 3 aromatic rings. The maximum absolute atomic E-state index is 13.2. The van der Waals surface area contributed by atoms with E-state index in [4.69, 9.17) is 4.74 Å². The number of ether oxygens (including phenoxy) is 1. The minimum atomic E-state index is -3.89. The third-order valence-corrected chi connectivity index (χ3v) is 7.40. The van der Waals surface area contributed by atoms with E-state index in [1.165, 1.54) is 6.07 Å². The predicted molar refractivity (Wildman–Crippen MR) is 141 cm³/mol. The molecule has 0 unspecified atom stereocenters. The zero-order valence-electron chi connectivity index (χ0n) is 21.2. The average Bonchev–Trinajstić information content (AvgIpc) is 2.80. The number of carbonyl (C=O) groups excluding carboxylic acids is 1. The number of aryl methyl sites for hydroxylation is 3. The summed E-state index contributed by atoms with van der Waals surface area (Å²) in [4.78, 5) is 13.3. The van der Waals surface area contributed by atoms with Gasteiger partial charge in [-0.1, -0.05) is 49.7 Å². The summed E-state index contributed by atoms with van der Waals surface area (Å²) in [6.07, 6.45) is 0.739. The van der Waals surface area contributed by atoms with E-state index >= 15 is 0 Å². The van der Waals surface area contributed by atoms with Crippen molar-refractivity contribution in [3.63, 3.8) is 0 Å². The number of benzene rings is 3. The fraction of sp³-hybridized carbons (Fsp3) is 0.321. The van der Waals surface area contributed by atoms with Gasteiger partial charge in [0.15, 0.2) is 0 Å². The summed E-state index contributed by atoms with van der Waals surface area (Å²) >= 11 is 0. The van der Waals surface area contributed by atoms with Crippen LogP contribution < -0.4 is 14.8 Å². The van der Waals surface area contributed by atoms with Gasteiger partial charge in [-0.25, -0.2) is 8.42 Å². The van der Waals surface area contributed by atoms with Crippen LogP contribution in [0.1, 0.15) is 58.9 Å². The summed E-state index contributed by atoms with van der Waals surface area (Å²) in [5.74, 6) is 0.765. The van der Waals surface area contributed by atoms with Crippen molar-refractivity contribution in [2.75, 3.05) is 11.8 Å². The summed E-state index contributed by atoms with van der Waals surface area (Å²) in [6.45, 7) is 9.72. The molecule has 0 spiro atoms. The van der Waals surface area contributed by atoms with Gasteiger partial charge < -0.3 is 10.1 Å². The van der Waals surface area contributed by atoms with Crippen molar-refractivity contribution in [2.24, 2.45) is 5.92 Å². The van der Waals surface area contributed by atoms with Crippen LogP contribution in [0.3, 0.4) is 0 Å². The number of anilines is 1. The molecule has 0 saturated carbocycles. The molecule has 0 aliphatic heterocycles. The van der Waals surface area contributed by atoms with E-state index in [1.54, 1.807) is 32.2 Å². The Hall–Kier alpha value is -3.32. The highest BCUT2D eigenvalue weighted by molar-refractivity contribution is 7.92. The van der Waals surface area contributed by atoms with Crippen LogP contribution in [0.4, 0.5) is 5.69 Å². The molecule has 1 atom stereocenters. The van der Waals surface area contributed by atoms with Crippen LogP contribution in [-0.2, 0) is 10.0 Å². The van der Waals surface area contributed by atoms with Crippen LogP contribution in [0.5, 0.6) is 5.75 Å². The van der Waals surface area contributed by atoms with Gasteiger partial charge in [-0.3, -0.25) is 9.52 Å². The number of amides is 1. The first kappa shape index (κ1) is 26.3. The van der Waals surface area contributed by atoms with Gasteiger partial charge in [0.05, 0.1) is 23.7 Å². The van der Waals surface area contributed by atoms with E-state index in [0.29, 0.717) is 22.7 Å². The molecule has 0 fully saturated rings. The Balaban J connectivity index is 1.88. The second-order valence-electron chi connectivity index (χ2n) is 9.33. The van der Waals surface area contributed by atoms with Crippen molar-refractivity contribution in [1.29, 1.82) is 0 Å². The van der Waals surface area contributed by atoms with Crippen molar-refractivity contribution in [3.05, 3.63) is 88.5 Å². The normalized spacial score (nSPS) is 12.3. The molecule has 0 aliphatic carbocycles. The Labute approximate surface area is 208 Å². The molecule has 2 N–H and O–H groups in total. The fourth-order valence-corrected chi connectivity index (χ4v) is 5.39. The number of nitrogens with one attached hydrogen (secondary N) is 2. The summed E-state index contributed by atoms with van der Waals surface area (Å²) in [7, 11) is -2.28. The Kier molecular flexibility index (Phi) is 8.22. The lowest BCUT2D eigenvalue weighted by molar-refractivity contribution is 0.0931. The molecule has 0 radical (unpaired) electrons. The van der Waals surface area contributed by atoms with Gasteiger partial charge in [0.25, 0.3) is 15.9 Å². The van der Waals surface area contributed by atoms with Gasteiger partial charge in [-0.15, -0.1) is 0 Å². The average molecular weight is 495 g/mol. The van der Waals surface area contributed by atoms with E-state index < -0.39 is 10.0 Å². The smallest absolute Gasteiger partial charge is 0.262 e. The van der Waals surface area contributed by atoms with E-state index in [9.17, 15) is 13.2 Å². The fourth-order valence-electron chi connectivity index (χ4n) is 3.99. The van der Waals surface area contributed by atoms with Gasteiger partial charge in [0, 0.05) is 5.56 Å². The number of hydrogen-bond donors (Lipinski definition) is 2. The molecule has 0 bridgehead atoms. The lowest BCUT2D eigenvalue weighted by Gasteiger charge is -2.22. The van der Waals surface area contributed by atoms with Gasteiger partial charge in [-0.05, 0) is 80.1 Å². The summed E-state index contributed by atoms with van der Waals surface area (Å²) in [6, 6.07) is 17.7. The second-order valence-corrected chi connectivity index (χ2v) is 11.0. The van der Waals surface area contributed by atoms with E-state index in [-0.39, 0.29) is 16.8 Å². The van der Waals surface area contributed by atoms with Gasteiger partial charge in [-0.2, -0.15) is 0 Å². The maximum atomic E-state index is 13.2. The Morgan fingerprint density at radius 1 is 0.914 bits per heavy atom. The van der Waals surface area contributed by atoms with Gasteiger partial charge in [0.2, 0.25) is 0 Å². The maximum Gasteiger partial charge on any atom is 0.262 e. The second kappa shape index (κ2) is 11.0. The van der Waals surface area contributed by atoms with Crippen molar-refractivity contribution in [3.8, 4) is 5.75 Å². The van der Waals surface area contributed by atoms with Crippen LogP contribution in [0.25, 0.3) is 0 Å². The highest BCUT2D eigenvalue weighted by Crippen LogP contribution is 2.26. The molecule has 0 aromatic heterocycles. The Morgan fingerprint density at radius 2 is 1.60 bits per heavy atom. The molecule has 7 heteroatoms. The first-order valence-corrected chi connectivity index (χ1v) is 13.1. The Bertz CT molecular complexity index is 1300. The topological polar surface area (TPSA) is 84.5 Å². The third-order valence-electron chi connectivity index (χ3n) is 5.90. The molecule has 186 valence electrons. The van der Waals surface area contributed by atoms with Crippen LogP contribution in [0, 0.1) is 26.7 Å². The number of carbonyl (C=O) groups is 1. The molecule has 6 nitrogen and oxygen atoms in total. The van der Waals surface area contributed by atoms with Crippen molar-refractivity contribution < 1.29 is 17.9 Å². The number of rotatable bonds is 9. The lowest BCUT2D eigenvalue weighted by atomic mass is 9.96. The van der Waals surface area contributed by atoms with Crippen LogP contribution in [-0.4, -0.2) is 21.4 Å². The summed E-state index contributed by atoms with van der Waals surface area (Å²) < 4.78 is 34.4. The van der Waals surface area contributed by atoms with Gasteiger partial charge in [0.1, 0.15) is 5.75 Å². The highest BCUT2D eigenvalue weighted by Gasteiger charge is 2.22. The molecule has 1 amide bonds. The minimum Gasteiger partial charge on any atom is -0.497 e. The van der Waals surface area contributed by atoms with Crippen LogP contribution >= 0.6 is 0 Å². The molecule has 0 aliphatic rings. The van der Waals surface area contributed by atoms with Crippen molar-refractivity contribution in [1.82, 2.24) is 5.32 Å². The SMILES string of the molecule is COc1ccc([C@H](CC(C)C)NC(=O)c2ccc(C)c(S(=O)(=O)Nc3ccc(C)cc3C)c2)cc1. The molecular formula is C28H34N2O4S. The predicted octanol–water partition coefficient (Wildman–Crippen LogP) is 5.94. The monoisotopic (exact) mass is 494 g/mol. The van der Waals surface area contributed by atoms with Crippen molar-refractivity contribution in [2.45, 2.75) is 52.0 Å². The standard InChI is InChI=1S/C28H34N2O4S/c1-18(2)15-26(22-10-12-24(34-6)13-11-22)29-28(31)23-9-8-20(4)27(17-23)35(32,33)30-25-14-7-19(3)16-21(25)5/h7-14,16-18,26,30H,15H2,1-6H3,(H,29,31)/t26-/m0/s1. The van der Waals surface area contributed by atoms with Crippen molar-refractivity contribution >= 4 is 21.6 Å². The lowest BCUT2D eigenvalue weighted by Crippen LogP contribution is -2.30. The number of methoxy groups -OCH3 is 1. The zero-order valence-corrected chi connectivity index (χ0v) is 22.0. The highest BCUT2D eigenvalue weighted by atomic mass is 32.2. The third kappa shape index (κ3) is 6.63. The zero-order chi connectivity index (χ0) is 25.8. The molecule has 3 aromatic carbocycles. The molecule has 0 saturated heterocycles. The molecule has 3 rings (SSSR count). The van der Waals surface area contributed by atoms with Crippen LogP contribution in [0.15, 0.2) is 65.6 Å². The summed E-state index contributed by atoms with van der Waals surface area (Å²) in [5.41, 5.74) is 4.21. The number of sulfonamides is 1. The van der Waals surface area contributed by atoms with Crippen LogP contribution in [0.2, 0.25) is 0 Å². The first-order chi connectivity index (χ1) is 16.5. The minimum absolute atomic E-state index is 0.0787.